The standard InChI is InChI=1S/C67H51N/c1-65(2)57-31-14-11-26-52(57)54-41-38-45(43-61(54)65)44-36-39-49(40-37-44)68(50-25-17-20-46(42-50)51-29-18-30-55-53-27-12-15-32-58(53)66(3,4)64(51)55)62-35-19-34-60-63(62)56-28-13-16-33-59(56)67(60,47-21-7-5-8-22-47)48-23-9-6-10-24-48/h5-43H,1-4H3. The number of rotatable bonds is 7. The summed E-state index contributed by atoms with van der Waals surface area (Å²) in [5, 5.41) is 0. The van der Waals surface area contributed by atoms with Gasteiger partial charge in [-0.1, -0.05) is 228 Å². The molecule has 3 aliphatic carbocycles. The first-order valence-electron chi connectivity index (χ1n) is 24.1. The van der Waals surface area contributed by atoms with Crippen molar-refractivity contribution in [3.8, 4) is 55.6 Å². The molecule has 68 heavy (non-hydrogen) atoms. The summed E-state index contributed by atoms with van der Waals surface area (Å²) < 4.78 is 0. The highest BCUT2D eigenvalue weighted by Gasteiger charge is 2.47. The summed E-state index contributed by atoms with van der Waals surface area (Å²) in [4.78, 5) is 2.51. The molecular weight excluding hydrogens is 819 g/mol. The van der Waals surface area contributed by atoms with Crippen molar-refractivity contribution in [2.24, 2.45) is 0 Å². The molecule has 0 unspecified atom stereocenters. The van der Waals surface area contributed by atoms with Crippen LogP contribution in [0.3, 0.4) is 0 Å². The van der Waals surface area contributed by atoms with E-state index in [1.807, 2.05) is 0 Å². The maximum absolute atomic E-state index is 2.51. The Morgan fingerprint density at radius 2 is 0.809 bits per heavy atom. The predicted octanol–water partition coefficient (Wildman–Crippen LogP) is 17.5. The second-order valence-corrected chi connectivity index (χ2v) is 20.0. The average Bonchev–Trinajstić information content (AvgIpc) is 3.92. The van der Waals surface area contributed by atoms with Crippen molar-refractivity contribution in [1.82, 2.24) is 0 Å². The zero-order valence-corrected chi connectivity index (χ0v) is 39.0. The maximum Gasteiger partial charge on any atom is 0.0714 e. The van der Waals surface area contributed by atoms with Crippen molar-refractivity contribution in [1.29, 1.82) is 0 Å². The van der Waals surface area contributed by atoms with Gasteiger partial charge in [0.2, 0.25) is 0 Å². The van der Waals surface area contributed by atoms with E-state index in [0.29, 0.717) is 0 Å². The molecule has 10 aromatic rings. The molecule has 10 aromatic carbocycles. The van der Waals surface area contributed by atoms with Gasteiger partial charge in [0, 0.05) is 27.8 Å². The smallest absolute Gasteiger partial charge is 0.0714 e. The van der Waals surface area contributed by atoms with Crippen LogP contribution in [0.2, 0.25) is 0 Å². The minimum absolute atomic E-state index is 0.0702. The Labute approximate surface area is 400 Å². The van der Waals surface area contributed by atoms with E-state index in [1.165, 1.54) is 100 Å². The van der Waals surface area contributed by atoms with Crippen molar-refractivity contribution in [3.05, 3.63) is 281 Å². The van der Waals surface area contributed by atoms with Gasteiger partial charge in [0.25, 0.3) is 0 Å². The van der Waals surface area contributed by atoms with E-state index in [4.69, 9.17) is 0 Å². The summed E-state index contributed by atoms with van der Waals surface area (Å²) >= 11 is 0. The number of hydrogen-bond donors (Lipinski definition) is 0. The predicted molar refractivity (Wildman–Crippen MR) is 284 cm³/mol. The molecule has 0 atom stereocenters. The molecule has 324 valence electrons. The van der Waals surface area contributed by atoms with Crippen LogP contribution >= 0.6 is 0 Å². The first-order chi connectivity index (χ1) is 33.3. The van der Waals surface area contributed by atoms with Gasteiger partial charge in [-0.15, -0.1) is 0 Å². The fourth-order valence-electron chi connectivity index (χ4n) is 12.7. The van der Waals surface area contributed by atoms with E-state index < -0.39 is 5.41 Å². The lowest BCUT2D eigenvalue weighted by Crippen LogP contribution is -2.28. The van der Waals surface area contributed by atoms with Crippen molar-refractivity contribution in [2.45, 2.75) is 43.9 Å². The third kappa shape index (κ3) is 5.69. The quantitative estimate of drug-likeness (QED) is 0.154. The van der Waals surface area contributed by atoms with Crippen LogP contribution in [-0.2, 0) is 16.2 Å². The van der Waals surface area contributed by atoms with Gasteiger partial charge in [-0.2, -0.15) is 0 Å². The summed E-state index contributed by atoms with van der Waals surface area (Å²) in [5.41, 5.74) is 26.1. The van der Waals surface area contributed by atoms with Gasteiger partial charge in [-0.3, -0.25) is 0 Å². The first kappa shape index (κ1) is 40.3. The van der Waals surface area contributed by atoms with Crippen LogP contribution in [0.1, 0.15) is 72.2 Å². The number of anilines is 3. The lowest BCUT2D eigenvalue weighted by molar-refractivity contribution is 0.660. The molecular formula is C67H51N. The third-order valence-corrected chi connectivity index (χ3v) is 15.7. The zero-order chi connectivity index (χ0) is 45.8. The minimum Gasteiger partial charge on any atom is -0.310 e. The molecule has 1 nitrogen and oxygen atoms in total. The summed E-state index contributed by atoms with van der Waals surface area (Å²) in [5.74, 6) is 0. The second kappa shape index (κ2) is 15.0. The van der Waals surface area contributed by atoms with Crippen molar-refractivity contribution in [3.63, 3.8) is 0 Å². The Morgan fingerprint density at radius 1 is 0.294 bits per heavy atom. The molecule has 0 N–H and O–H groups in total. The maximum atomic E-state index is 2.51. The Hall–Kier alpha value is -8.00. The summed E-state index contributed by atoms with van der Waals surface area (Å²) in [6.45, 7) is 9.49. The lowest BCUT2D eigenvalue weighted by atomic mass is 9.68. The van der Waals surface area contributed by atoms with Gasteiger partial charge in [-0.25, -0.2) is 0 Å². The van der Waals surface area contributed by atoms with Crippen LogP contribution in [0.15, 0.2) is 237 Å². The van der Waals surface area contributed by atoms with Gasteiger partial charge in [0.15, 0.2) is 0 Å². The molecule has 0 fully saturated rings. The monoisotopic (exact) mass is 869 g/mol. The van der Waals surface area contributed by atoms with E-state index in [2.05, 4.69) is 269 Å². The second-order valence-electron chi connectivity index (χ2n) is 20.0. The van der Waals surface area contributed by atoms with Crippen LogP contribution in [0.4, 0.5) is 17.1 Å². The van der Waals surface area contributed by atoms with Crippen molar-refractivity contribution in [2.75, 3.05) is 4.90 Å². The fourth-order valence-corrected chi connectivity index (χ4v) is 12.7. The molecule has 0 heterocycles. The largest absolute Gasteiger partial charge is 0.310 e. The van der Waals surface area contributed by atoms with E-state index in [1.54, 1.807) is 0 Å². The Morgan fingerprint density at radius 3 is 1.51 bits per heavy atom. The highest BCUT2D eigenvalue weighted by atomic mass is 15.1. The van der Waals surface area contributed by atoms with E-state index in [-0.39, 0.29) is 10.8 Å². The number of benzene rings is 10. The lowest BCUT2D eigenvalue weighted by Gasteiger charge is -2.34. The van der Waals surface area contributed by atoms with Gasteiger partial charge in [0.05, 0.1) is 11.1 Å². The zero-order valence-electron chi connectivity index (χ0n) is 39.0. The van der Waals surface area contributed by atoms with Gasteiger partial charge in [0.1, 0.15) is 0 Å². The van der Waals surface area contributed by atoms with Gasteiger partial charge < -0.3 is 4.90 Å². The molecule has 0 saturated carbocycles. The van der Waals surface area contributed by atoms with Crippen LogP contribution in [0.25, 0.3) is 55.6 Å². The van der Waals surface area contributed by atoms with Crippen molar-refractivity contribution >= 4 is 17.1 Å². The third-order valence-electron chi connectivity index (χ3n) is 15.7. The summed E-state index contributed by atoms with van der Waals surface area (Å²) in [7, 11) is 0. The van der Waals surface area contributed by atoms with Crippen LogP contribution in [-0.4, -0.2) is 0 Å². The molecule has 0 spiro atoms. The SMILES string of the molecule is CC1(C)c2ccccc2-c2ccc(-c3ccc(N(c4cccc(-c5cccc6c5C(C)(C)c5ccccc5-6)c4)c4cccc5c4-c4ccccc4C5(c4ccccc4)c4ccccc4)cc3)cc21. The van der Waals surface area contributed by atoms with E-state index >= 15 is 0 Å². The number of fused-ring (bicyclic) bond motifs is 9. The van der Waals surface area contributed by atoms with Crippen LogP contribution < -0.4 is 4.90 Å². The summed E-state index contributed by atoms with van der Waals surface area (Å²) in [6.07, 6.45) is 0. The van der Waals surface area contributed by atoms with Crippen LogP contribution in [0, 0.1) is 0 Å². The topological polar surface area (TPSA) is 3.24 Å². The highest BCUT2D eigenvalue weighted by molar-refractivity contribution is 5.98. The molecule has 1 heteroatoms. The van der Waals surface area contributed by atoms with Gasteiger partial charge in [-0.05, 0) is 131 Å². The Bertz CT molecular complexity index is 3570. The van der Waals surface area contributed by atoms with E-state index in [9.17, 15) is 0 Å². The first-order valence-corrected chi connectivity index (χ1v) is 24.1. The molecule has 0 aromatic heterocycles. The molecule has 13 rings (SSSR count). The van der Waals surface area contributed by atoms with E-state index in [0.717, 1.165) is 17.1 Å². The van der Waals surface area contributed by atoms with Crippen LogP contribution in [0.5, 0.6) is 0 Å². The molecule has 0 saturated heterocycles. The Balaban J connectivity index is 1.02. The summed E-state index contributed by atoms with van der Waals surface area (Å²) in [6, 6.07) is 88.7. The molecule has 0 amide bonds. The van der Waals surface area contributed by atoms with Crippen molar-refractivity contribution < 1.29 is 0 Å². The minimum atomic E-state index is -0.520. The normalized spacial score (nSPS) is 14.8. The average molecular weight is 870 g/mol. The van der Waals surface area contributed by atoms with Gasteiger partial charge >= 0.3 is 0 Å². The number of nitrogens with zero attached hydrogens (tertiary/aromatic N) is 1. The molecule has 0 aliphatic heterocycles. The molecule has 0 bridgehead atoms. The molecule has 3 aliphatic rings. The molecule has 0 radical (unpaired) electrons. The number of hydrogen-bond acceptors (Lipinski definition) is 1. The highest BCUT2D eigenvalue weighted by Crippen LogP contribution is 2.60. The Kier molecular flexibility index (Phi) is 8.89. The fraction of sp³-hybridized carbons (Fsp3) is 0.104.